The van der Waals surface area contributed by atoms with Crippen LogP contribution in [0.3, 0.4) is 0 Å². The smallest absolute Gasteiger partial charge is 0.0873 e. The van der Waals surface area contributed by atoms with Crippen LogP contribution in [0.1, 0.15) is 68.2 Å². The lowest BCUT2D eigenvalue weighted by molar-refractivity contribution is -0.264. The van der Waals surface area contributed by atoms with Gasteiger partial charge in [-0.2, -0.15) is 0 Å². The van der Waals surface area contributed by atoms with Crippen molar-refractivity contribution in [2.24, 2.45) is 28.6 Å². The number of rotatable bonds is 7. The van der Waals surface area contributed by atoms with Crippen LogP contribution in [0.15, 0.2) is 0 Å². The highest BCUT2D eigenvalue weighted by Crippen LogP contribution is 2.40. The van der Waals surface area contributed by atoms with E-state index in [1.807, 2.05) is 0 Å². The van der Waals surface area contributed by atoms with E-state index in [4.69, 9.17) is 5.26 Å². The van der Waals surface area contributed by atoms with E-state index in [0.717, 1.165) is 5.92 Å². The predicted molar refractivity (Wildman–Crippen MR) is 78.5 cm³/mol. The van der Waals surface area contributed by atoms with Gasteiger partial charge in [-0.05, 0) is 41.4 Å². The van der Waals surface area contributed by atoms with E-state index in [9.17, 15) is 0 Å². The van der Waals surface area contributed by atoms with Crippen LogP contribution >= 0.6 is 0 Å². The molecule has 0 aliphatic rings. The molecule has 0 saturated heterocycles. The zero-order valence-corrected chi connectivity index (χ0v) is 13.7. The molecule has 1 N–H and O–H groups in total. The molecular weight excluding hydrogens is 224 g/mol. The van der Waals surface area contributed by atoms with Gasteiger partial charge in [0.25, 0.3) is 0 Å². The van der Waals surface area contributed by atoms with Gasteiger partial charge in [0.1, 0.15) is 0 Å². The molecule has 0 saturated carbocycles. The lowest BCUT2D eigenvalue weighted by atomic mass is 9.67. The maximum absolute atomic E-state index is 8.69. The van der Waals surface area contributed by atoms with Crippen molar-refractivity contribution in [3.05, 3.63) is 0 Å². The first-order valence-corrected chi connectivity index (χ1v) is 7.27. The molecule has 0 bridgehead atoms. The van der Waals surface area contributed by atoms with Crippen molar-refractivity contribution in [2.75, 3.05) is 6.61 Å². The quantitative estimate of drug-likeness (QED) is 0.500. The topological polar surface area (TPSA) is 29.5 Å². The van der Waals surface area contributed by atoms with E-state index in [2.05, 4.69) is 60.3 Å². The highest BCUT2D eigenvalue weighted by atomic mass is 17.1. The minimum Gasteiger partial charge on any atom is -0.252 e. The third kappa shape index (κ3) is 6.19. The molecule has 0 heterocycles. The van der Waals surface area contributed by atoms with Crippen LogP contribution in [0.5, 0.6) is 0 Å². The zero-order valence-electron chi connectivity index (χ0n) is 13.7. The minimum absolute atomic E-state index is 0.0230. The zero-order chi connectivity index (χ0) is 14.6. The summed E-state index contributed by atoms with van der Waals surface area (Å²) in [5.41, 5.74) is 0.365. The summed E-state index contributed by atoms with van der Waals surface area (Å²) >= 11 is 0. The third-order valence-corrected chi connectivity index (χ3v) is 4.39. The van der Waals surface area contributed by atoms with Crippen molar-refractivity contribution in [1.82, 2.24) is 0 Å². The van der Waals surface area contributed by atoms with Gasteiger partial charge in [0.15, 0.2) is 0 Å². The molecule has 0 aliphatic carbocycles. The predicted octanol–water partition coefficient (Wildman–Crippen LogP) is 5.24. The van der Waals surface area contributed by atoms with Crippen LogP contribution < -0.4 is 0 Å². The largest absolute Gasteiger partial charge is 0.252 e. The molecule has 0 aromatic heterocycles. The van der Waals surface area contributed by atoms with E-state index < -0.39 is 0 Å². The van der Waals surface area contributed by atoms with Crippen LogP contribution in [-0.2, 0) is 4.89 Å². The van der Waals surface area contributed by atoms with Gasteiger partial charge >= 0.3 is 0 Å². The van der Waals surface area contributed by atoms with Crippen LogP contribution in [0.25, 0.3) is 0 Å². The van der Waals surface area contributed by atoms with Crippen molar-refractivity contribution in [3.8, 4) is 0 Å². The Balaban J connectivity index is 4.67. The summed E-state index contributed by atoms with van der Waals surface area (Å²) < 4.78 is 0. The van der Waals surface area contributed by atoms with Gasteiger partial charge in [-0.25, -0.2) is 4.89 Å². The third-order valence-electron chi connectivity index (χ3n) is 4.39. The second kappa shape index (κ2) is 6.91. The van der Waals surface area contributed by atoms with Gasteiger partial charge in [0.05, 0.1) is 6.61 Å². The highest BCUT2D eigenvalue weighted by molar-refractivity contribution is 4.82. The van der Waals surface area contributed by atoms with E-state index in [1.165, 1.54) is 12.8 Å². The minimum atomic E-state index is 0.0230. The van der Waals surface area contributed by atoms with Crippen LogP contribution in [0.2, 0.25) is 0 Å². The molecule has 18 heavy (non-hydrogen) atoms. The molecule has 2 nitrogen and oxygen atoms in total. The van der Waals surface area contributed by atoms with E-state index in [1.54, 1.807) is 0 Å². The van der Waals surface area contributed by atoms with Crippen molar-refractivity contribution in [2.45, 2.75) is 68.2 Å². The Bertz CT molecular complexity index is 226. The maximum Gasteiger partial charge on any atom is 0.0873 e. The van der Waals surface area contributed by atoms with Gasteiger partial charge in [-0.1, -0.05) is 55.4 Å². The Morgan fingerprint density at radius 1 is 0.944 bits per heavy atom. The second-order valence-electron chi connectivity index (χ2n) is 8.09. The molecular formula is C16H34O2. The molecule has 0 rings (SSSR count). The Hall–Kier alpha value is -0.0800. The molecule has 0 fully saturated rings. The highest BCUT2D eigenvalue weighted by Gasteiger charge is 2.33. The second-order valence-corrected chi connectivity index (χ2v) is 8.09. The molecule has 0 aromatic carbocycles. The van der Waals surface area contributed by atoms with E-state index >= 15 is 0 Å². The molecule has 0 amide bonds. The van der Waals surface area contributed by atoms with E-state index in [-0.39, 0.29) is 5.41 Å². The fraction of sp³-hybridized carbons (Fsp3) is 1.00. The molecule has 110 valence electrons. The van der Waals surface area contributed by atoms with Crippen molar-refractivity contribution in [1.29, 1.82) is 0 Å². The fourth-order valence-electron chi connectivity index (χ4n) is 2.43. The van der Waals surface area contributed by atoms with Gasteiger partial charge in [0.2, 0.25) is 0 Å². The molecule has 0 spiro atoms. The molecule has 0 aromatic rings. The Kier molecular flexibility index (Phi) is 6.87. The van der Waals surface area contributed by atoms with Gasteiger partial charge in [-0.15, -0.1) is 0 Å². The Morgan fingerprint density at radius 2 is 1.44 bits per heavy atom. The van der Waals surface area contributed by atoms with Gasteiger partial charge < -0.3 is 0 Å². The summed E-state index contributed by atoms with van der Waals surface area (Å²) in [5, 5.41) is 8.69. The molecule has 2 heteroatoms. The first-order valence-electron chi connectivity index (χ1n) is 7.27. The monoisotopic (exact) mass is 258 g/mol. The Morgan fingerprint density at radius 3 is 1.78 bits per heavy atom. The van der Waals surface area contributed by atoms with Crippen LogP contribution in [-0.4, -0.2) is 11.9 Å². The maximum atomic E-state index is 8.69. The first-order chi connectivity index (χ1) is 8.00. The van der Waals surface area contributed by atoms with E-state index in [0.29, 0.717) is 23.9 Å². The molecule has 2 atom stereocenters. The SMILES string of the molecule is CC(C)CC(CC(C)C(C)(C)COO)C(C)(C)C. The average molecular weight is 258 g/mol. The summed E-state index contributed by atoms with van der Waals surface area (Å²) in [7, 11) is 0. The van der Waals surface area contributed by atoms with Crippen molar-refractivity contribution < 1.29 is 10.1 Å². The normalized spacial score (nSPS) is 17.0. The summed E-state index contributed by atoms with van der Waals surface area (Å²) in [6.45, 7) is 18.6. The summed E-state index contributed by atoms with van der Waals surface area (Å²) in [4.78, 5) is 4.38. The average Bonchev–Trinajstić information content (AvgIpc) is 2.14. The fourth-order valence-corrected chi connectivity index (χ4v) is 2.43. The van der Waals surface area contributed by atoms with Crippen LogP contribution in [0.4, 0.5) is 0 Å². The van der Waals surface area contributed by atoms with Gasteiger partial charge in [0, 0.05) is 0 Å². The summed E-state index contributed by atoms with van der Waals surface area (Å²) in [6, 6.07) is 0. The summed E-state index contributed by atoms with van der Waals surface area (Å²) in [6.07, 6.45) is 2.46. The number of hydrogen-bond donors (Lipinski definition) is 1. The van der Waals surface area contributed by atoms with Crippen molar-refractivity contribution >= 4 is 0 Å². The molecule has 0 aliphatic heterocycles. The number of hydrogen-bond acceptors (Lipinski definition) is 2. The lowest BCUT2D eigenvalue weighted by Gasteiger charge is -2.39. The molecule has 0 radical (unpaired) electrons. The first kappa shape index (κ1) is 17.9. The van der Waals surface area contributed by atoms with Crippen LogP contribution in [0, 0.1) is 28.6 Å². The Labute approximate surface area is 114 Å². The van der Waals surface area contributed by atoms with Gasteiger partial charge in [-0.3, -0.25) is 5.26 Å². The summed E-state index contributed by atoms with van der Waals surface area (Å²) in [5.74, 6) is 1.98. The molecule has 2 unspecified atom stereocenters. The standard InChI is InChI=1S/C16H34O2/c1-12(2)9-14(15(4,5)6)10-13(3)16(7,8)11-18-17/h12-14,17H,9-11H2,1-8H3. The van der Waals surface area contributed by atoms with Crippen molar-refractivity contribution in [3.63, 3.8) is 0 Å². The lowest BCUT2D eigenvalue weighted by Crippen LogP contribution is -2.32.